The molecule has 1 heterocycles. The Bertz CT molecular complexity index is 210. The molecule has 8 heteroatoms. The van der Waals surface area contributed by atoms with E-state index in [1.54, 1.807) is 0 Å². The highest BCUT2D eigenvalue weighted by Gasteiger charge is 2.19. The summed E-state index contributed by atoms with van der Waals surface area (Å²) in [5, 5.41) is 2.61. The number of hydrogen-bond acceptors (Lipinski definition) is 4. The van der Waals surface area contributed by atoms with E-state index >= 15 is 0 Å². The van der Waals surface area contributed by atoms with Gasteiger partial charge in [0.25, 0.3) is 0 Å². The van der Waals surface area contributed by atoms with Crippen LogP contribution in [0, 0.1) is 0 Å². The molecular weight excluding hydrogens is 242 g/mol. The lowest BCUT2D eigenvalue weighted by molar-refractivity contribution is 0.212. The number of carbonyl (C=O) groups excluding carboxylic acids is 1. The fourth-order valence-corrected chi connectivity index (χ4v) is 2.11. The maximum Gasteiger partial charge on any atom is 0.312 e. The zero-order chi connectivity index (χ0) is 10.6. The summed E-state index contributed by atoms with van der Waals surface area (Å²) < 4.78 is 20.8. The highest BCUT2D eigenvalue weighted by atomic mass is 35.5. The van der Waals surface area contributed by atoms with E-state index in [1.807, 2.05) is 4.90 Å². The van der Waals surface area contributed by atoms with E-state index in [0.29, 0.717) is 13.1 Å². The van der Waals surface area contributed by atoms with Crippen molar-refractivity contribution in [3.63, 3.8) is 0 Å². The topological polar surface area (TPSA) is 98.5 Å². The van der Waals surface area contributed by atoms with Crippen LogP contribution >= 0.6 is 12.4 Å². The summed E-state index contributed by atoms with van der Waals surface area (Å²) in [6, 6.07) is -0.431. The van der Waals surface area contributed by atoms with Crippen LogP contribution in [0.3, 0.4) is 0 Å². The molecule has 1 rings (SSSR count). The molecule has 0 saturated carbocycles. The van der Waals surface area contributed by atoms with Crippen molar-refractivity contribution in [2.75, 3.05) is 19.0 Å². The summed E-state index contributed by atoms with van der Waals surface area (Å²) in [4.78, 5) is 12.4. The normalized spacial score (nSPS) is 20.3. The maximum atomic E-state index is 10.5. The molecule has 0 spiro atoms. The summed E-state index contributed by atoms with van der Waals surface area (Å²) in [5.74, 6) is 0.0727. The Kier molecular flexibility index (Phi) is 6.82. The number of carbonyl (C=O) groups is 1. The number of nitrogens with two attached hydrogens (primary N) is 1. The molecule has 1 unspecified atom stereocenters. The monoisotopic (exact) mass is 256 g/mol. The number of hydrogen-bond donors (Lipinski definition) is 2. The highest BCUT2D eigenvalue weighted by molar-refractivity contribution is 7.79. The first-order valence-corrected chi connectivity index (χ1v) is 5.66. The molecule has 0 aromatic carbocycles. The van der Waals surface area contributed by atoms with Gasteiger partial charge >= 0.3 is 6.03 Å². The number of nitrogens with zero attached hydrogens (tertiary/aromatic N) is 1. The van der Waals surface area contributed by atoms with Crippen LogP contribution in [-0.4, -0.2) is 44.7 Å². The van der Waals surface area contributed by atoms with Crippen molar-refractivity contribution in [2.24, 2.45) is 5.73 Å². The Morgan fingerprint density at radius 2 is 2.07 bits per heavy atom. The molecule has 3 N–H and O–H groups in total. The first-order valence-electron chi connectivity index (χ1n) is 4.42. The predicted molar refractivity (Wildman–Crippen MR) is 58.3 cm³/mol. The van der Waals surface area contributed by atoms with E-state index in [4.69, 9.17) is 5.73 Å². The molecule has 15 heavy (non-hydrogen) atoms. The number of urea groups is 1. The fraction of sp³-hybridized carbons (Fsp3) is 0.857. The predicted octanol–water partition coefficient (Wildman–Crippen LogP) is -0.622. The molecule has 0 aliphatic carbocycles. The van der Waals surface area contributed by atoms with Gasteiger partial charge in [0.2, 0.25) is 0 Å². The Hall–Kier alpha value is -0.370. The first kappa shape index (κ1) is 14.6. The summed E-state index contributed by atoms with van der Waals surface area (Å²) in [5.41, 5.74) is 4.98. The van der Waals surface area contributed by atoms with Crippen molar-refractivity contribution >= 4 is 29.5 Å². The molecule has 1 fully saturated rings. The van der Waals surface area contributed by atoms with Crippen LogP contribution in [0.15, 0.2) is 0 Å². The summed E-state index contributed by atoms with van der Waals surface area (Å²) in [7, 11) is 0. The van der Waals surface area contributed by atoms with Gasteiger partial charge in [-0.05, 0) is 23.9 Å². The lowest BCUT2D eigenvalue weighted by Gasteiger charge is -2.32. The van der Waals surface area contributed by atoms with Crippen molar-refractivity contribution in [3.8, 4) is 0 Å². The Morgan fingerprint density at radius 1 is 1.53 bits per heavy atom. The molecule has 0 aromatic heterocycles. The smallest absolute Gasteiger partial charge is 0.312 e. The third kappa shape index (κ3) is 5.93. The molecule has 0 radical (unpaired) electrons. The number of nitrogens with one attached hydrogen (secondary N) is 1. The second-order valence-corrected chi connectivity index (χ2v) is 4.20. The Morgan fingerprint density at radius 3 is 2.47 bits per heavy atom. The van der Waals surface area contributed by atoms with E-state index in [2.05, 4.69) is 5.32 Å². The van der Waals surface area contributed by atoms with Crippen LogP contribution < -0.4 is 11.1 Å². The number of halogens is 1. The largest absolute Gasteiger partial charge is 0.771 e. The van der Waals surface area contributed by atoms with Gasteiger partial charge in [-0.15, -0.1) is 12.4 Å². The minimum absolute atomic E-state index is 0. The van der Waals surface area contributed by atoms with Crippen LogP contribution in [-0.2, 0) is 11.1 Å². The average Bonchev–Trinajstić information content (AvgIpc) is 2.06. The second-order valence-electron chi connectivity index (χ2n) is 3.33. The van der Waals surface area contributed by atoms with Gasteiger partial charge in [-0.2, -0.15) is 0 Å². The number of rotatable bonds is 3. The third-order valence-corrected chi connectivity index (χ3v) is 2.80. The average molecular weight is 257 g/mol. The number of piperidine rings is 1. The first-order chi connectivity index (χ1) is 6.58. The summed E-state index contributed by atoms with van der Waals surface area (Å²) >= 11 is -2.02. The standard InChI is InChI=1S/C7H15N3O3S.ClH/c8-7(11)9-6-1-3-10(4-2-6)5-14(12)13;/h6H,1-5H2,(H,12,13)(H3,8,9,11);1H/p-1. The van der Waals surface area contributed by atoms with E-state index in [9.17, 15) is 13.6 Å². The van der Waals surface area contributed by atoms with E-state index in [0.717, 1.165) is 12.8 Å². The van der Waals surface area contributed by atoms with Gasteiger partial charge in [-0.1, -0.05) is 0 Å². The molecule has 1 aliphatic rings. The van der Waals surface area contributed by atoms with Crippen molar-refractivity contribution in [3.05, 3.63) is 0 Å². The van der Waals surface area contributed by atoms with Crippen LogP contribution in [0.4, 0.5) is 4.79 Å². The van der Waals surface area contributed by atoms with Crippen LogP contribution in [0.5, 0.6) is 0 Å². The lowest BCUT2D eigenvalue weighted by atomic mass is 10.1. The van der Waals surface area contributed by atoms with Crippen molar-refractivity contribution in [1.82, 2.24) is 10.2 Å². The lowest BCUT2D eigenvalue weighted by Crippen LogP contribution is -2.46. The molecule has 6 nitrogen and oxygen atoms in total. The van der Waals surface area contributed by atoms with Crippen molar-refractivity contribution < 1.29 is 13.6 Å². The van der Waals surface area contributed by atoms with E-state index < -0.39 is 17.1 Å². The number of amides is 2. The fourth-order valence-electron chi connectivity index (χ4n) is 1.56. The van der Waals surface area contributed by atoms with Gasteiger partial charge in [-0.25, -0.2) is 4.79 Å². The highest BCUT2D eigenvalue weighted by Crippen LogP contribution is 2.09. The van der Waals surface area contributed by atoms with Crippen molar-refractivity contribution in [2.45, 2.75) is 18.9 Å². The van der Waals surface area contributed by atoms with Gasteiger partial charge in [0.1, 0.15) is 0 Å². The van der Waals surface area contributed by atoms with Crippen LogP contribution in [0.25, 0.3) is 0 Å². The zero-order valence-electron chi connectivity index (χ0n) is 8.18. The van der Waals surface area contributed by atoms with Gasteiger partial charge in [0.15, 0.2) is 0 Å². The van der Waals surface area contributed by atoms with Gasteiger partial charge < -0.3 is 15.6 Å². The van der Waals surface area contributed by atoms with Crippen molar-refractivity contribution in [1.29, 1.82) is 0 Å². The molecule has 0 bridgehead atoms. The molecule has 1 aliphatic heterocycles. The SMILES string of the molecule is Cl.NC(=O)NC1CCN(CS(=O)[O-])CC1. The van der Waals surface area contributed by atoms with Crippen LogP contribution in [0.1, 0.15) is 12.8 Å². The Labute approximate surface area is 97.3 Å². The van der Waals surface area contributed by atoms with Crippen LogP contribution in [0.2, 0.25) is 0 Å². The van der Waals surface area contributed by atoms with Gasteiger partial charge in [-0.3, -0.25) is 9.11 Å². The molecule has 1 atom stereocenters. The number of likely N-dealkylation sites (tertiary alicyclic amines) is 1. The van der Waals surface area contributed by atoms with Gasteiger partial charge in [0.05, 0.1) is 5.88 Å². The molecule has 90 valence electrons. The molecule has 2 amide bonds. The second kappa shape index (κ2) is 7.00. The quantitative estimate of drug-likeness (QED) is 0.658. The minimum Gasteiger partial charge on any atom is -0.771 e. The van der Waals surface area contributed by atoms with Gasteiger partial charge in [0, 0.05) is 19.1 Å². The summed E-state index contributed by atoms with van der Waals surface area (Å²) in [6.45, 7) is 1.36. The number of primary amides is 1. The van der Waals surface area contributed by atoms with E-state index in [1.165, 1.54) is 0 Å². The zero-order valence-corrected chi connectivity index (χ0v) is 9.81. The van der Waals surface area contributed by atoms with E-state index in [-0.39, 0.29) is 24.3 Å². The maximum absolute atomic E-state index is 10.5. The summed E-state index contributed by atoms with van der Waals surface area (Å²) in [6.07, 6.45) is 1.50. The molecular formula is C7H15ClN3O3S-. The minimum atomic E-state index is -2.02. The molecule has 0 aromatic rings. The molecule has 1 saturated heterocycles. The Balaban J connectivity index is 0.00000196. The third-order valence-electron chi connectivity index (χ3n) is 2.22.